The van der Waals surface area contributed by atoms with E-state index >= 15 is 0 Å². The van der Waals surface area contributed by atoms with E-state index in [-0.39, 0.29) is 28.7 Å². The lowest BCUT2D eigenvalue weighted by Gasteiger charge is -2.54. The van der Waals surface area contributed by atoms with Crippen LogP contribution in [0.25, 0.3) is 0 Å². The molecule has 128 valence electrons. The van der Waals surface area contributed by atoms with Crippen LogP contribution in [0.2, 0.25) is 0 Å². The summed E-state index contributed by atoms with van der Waals surface area (Å²) in [7, 11) is 0. The van der Waals surface area contributed by atoms with Gasteiger partial charge in [0.25, 0.3) is 0 Å². The third-order valence-electron chi connectivity index (χ3n) is 8.33. The highest BCUT2D eigenvalue weighted by atomic mass is 16.6. The van der Waals surface area contributed by atoms with Gasteiger partial charge in [0.1, 0.15) is 6.10 Å². The second kappa shape index (κ2) is 4.62. The Bertz CT molecular complexity index is 689. The predicted octanol–water partition coefficient (Wildman–Crippen LogP) is 3.84. The second-order valence-corrected chi connectivity index (χ2v) is 9.01. The van der Waals surface area contributed by atoms with Crippen molar-refractivity contribution in [3.8, 4) is 0 Å². The Balaban J connectivity index is 1.58. The maximum Gasteiger partial charge on any atom is 0.313 e. The van der Waals surface area contributed by atoms with E-state index in [1.807, 2.05) is 6.08 Å². The molecule has 1 spiro atoms. The zero-order valence-corrected chi connectivity index (χ0v) is 14.6. The number of allylic oxidation sites excluding steroid dienone is 4. The smallest absolute Gasteiger partial charge is 0.313 e. The van der Waals surface area contributed by atoms with Crippen molar-refractivity contribution in [3.05, 3.63) is 23.8 Å². The standard InChI is InChI=1S/C21H26O3/c1-12-16-5-6-18-15-4-3-13-11-14(22)7-9-20(13,2)17(15)8-10-21(16,18)19(23)24-12/h3-4,11-12,15-18H,5-10H2,1-2H3/t12-,15-,16+,17+,18-,20-,21-/m0/s1. The summed E-state index contributed by atoms with van der Waals surface area (Å²) in [6, 6.07) is 0. The van der Waals surface area contributed by atoms with Gasteiger partial charge in [-0.1, -0.05) is 19.1 Å². The number of ketones is 1. The van der Waals surface area contributed by atoms with Crippen LogP contribution in [0.1, 0.15) is 52.4 Å². The summed E-state index contributed by atoms with van der Waals surface area (Å²) in [5, 5.41) is 0. The second-order valence-electron chi connectivity index (χ2n) is 9.01. The number of rotatable bonds is 0. The third kappa shape index (κ3) is 1.59. The highest BCUT2D eigenvalue weighted by Gasteiger charge is 2.68. The Morgan fingerprint density at radius 1 is 1.08 bits per heavy atom. The minimum Gasteiger partial charge on any atom is -0.462 e. The quantitative estimate of drug-likeness (QED) is 0.635. The Labute approximate surface area is 143 Å². The molecule has 4 aliphatic carbocycles. The average Bonchev–Trinajstić information content (AvgIpc) is 3.05. The summed E-state index contributed by atoms with van der Waals surface area (Å²) in [5.74, 6) is 2.25. The van der Waals surface area contributed by atoms with Gasteiger partial charge in [-0.25, -0.2) is 0 Å². The first-order valence-corrected chi connectivity index (χ1v) is 9.61. The van der Waals surface area contributed by atoms with Crippen molar-refractivity contribution >= 4 is 11.8 Å². The summed E-state index contributed by atoms with van der Waals surface area (Å²) >= 11 is 0. The summed E-state index contributed by atoms with van der Waals surface area (Å²) < 4.78 is 5.69. The van der Waals surface area contributed by atoms with Crippen LogP contribution in [0, 0.1) is 34.5 Å². The molecule has 0 N–H and O–H groups in total. The maximum atomic E-state index is 12.8. The van der Waals surface area contributed by atoms with Gasteiger partial charge in [0.2, 0.25) is 0 Å². The van der Waals surface area contributed by atoms with Crippen LogP contribution in [0.5, 0.6) is 0 Å². The molecule has 3 fully saturated rings. The molecule has 2 saturated carbocycles. The molecule has 1 saturated heterocycles. The van der Waals surface area contributed by atoms with Crippen molar-refractivity contribution < 1.29 is 14.3 Å². The van der Waals surface area contributed by atoms with Gasteiger partial charge in [0.05, 0.1) is 5.41 Å². The summed E-state index contributed by atoms with van der Waals surface area (Å²) in [5.41, 5.74) is 1.13. The van der Waals surface area contributed by atoms with Crippen LogP contribution in [-0.2, 0) is 14.3 Å². The predicted molar refractivity (Wildman–Crippen MR) is 90.0 cm³/mol. The molecule has 5 rings (SSSR count). The third-order valence-corrected chi connectivity index (χ3v) is 8.33. The molecule has 7 atom stereocenters. The van der Waals surface area contributed by atoms with Gasteiger partial charge in [-0.05, 0) is 73.8 Å². The van der Waals surface area contributed by atoms with Crippen molar-refractivity contribution in [1.82, 2.24) is 0 Å². The lowest BCUT2D eigenvalue weighted by molar-refractivity contribution is -0.155. The van der Waals surface area contributed by atoms with Gasteiger partial charge in [0, 0.05) is 12.3 Å². The first kappa shape index (κ1) is 14.9. The van der Waals surface area contributed by atoms with E-state index in [2.05, 4.69) is 26.0 Å². The topological polar surface area (TPSA) is 43.4 Å². The van der Waals surface area contributed by atoms with Gasteiger partial charge in [-0.2, -0.15) is 0 Å². The highest BCUT2D eigenvalue weighted by Crippen LogP contribution is 2.67. The highest BCUT2D eigenvalue weighted by molar-refractivity contribution is 5.92. The largest absolute Gasteiger partial charge is 0.462 e. The fraction of sp³-hybridized carbons (Fsp3) is 0.714. The van der Waals surface area contributed by atoms with E-state index in [0.29, 0.717) is 30.1 Å². The van der Waals surface area contributed by atoms with Crippen molar-refractivity contribution in [1.29, 1.82) is 0 Å². The molecule has 5 aliphatic rings. The SMILES string of the molecule is C[C@@H]1OC(=O)[C@]23CC[C@@H]4[C@H](C=CC5=CC(=O)CC[C@@]54C)[C@@H]2CC[C@H]13. The van der Waals surface area contributed by atoms with Crippen molar-refractivity contribution in [2.75, 3.05) is 0 Å². The van der Waals surface area contributed by atoms with E-state index in [0.717, 1.165) is 32.1 Å². The molecule has 0 aromatic heterocycles. The van der Waals surface area contributed by atoms with E-state index in [1.54, 1.807) is 0 Å². The van der Waals surface area contributed by atoms with Crippen LogP contribution in [0.3, 0.4) is 0 Å². The minimum atomic E-state index is -0.215. The lowest BCUT2D eigenvalue weighted by atomic mass is 9.48. The first-order valence-electron chi connectivity index (χ1n) is 9.61. The Hall–Kier alpha value is -1.38. The number of fused-ring (bicyclic) bond motifs is 4. The zero-order chi connectivity index (χ0) is 16.7. The van der Waals surface area contributed by atoms with Crippen LogP contribution in [-0.4, -0.2) is 17.9 Å². The number of hydrogen-bond acceptors (Lipinski definition) is 3. The Kier molecular flexibility index (Phi) is 2.87. The minimum absolute atomic E-state index is 0.0830. The molecule has 0 bridgehead atoms. The number of carbonyl (C=O) groups is 2. The van der Waals surface area contributed by atoms with Crippen molar-refractivity contribution in [2.45, 2.75) is 58.5 Å². The molecule has 0 aromatic rings. The van der Waals surface area contributed by atoms with Gasteiger partial charge in [-0.3, -0.25) is 9.59 Å². The molecule has 1 heterocycles. The molecular formula is C21H26O3. The van der Waals surface area contributed by atoms with Crippen LogP contribution in [0.15, 0.2) is 23.8 Å². The fourth-order valence-corrected chi connectivity index (χ4v) is 7.14. The average molecular weight is 326 g/mol. The molecule has 3 heteroatoms. The van der Waals surface area contributed by atoms with Crippen LogP contribution >= 0.6 is 0 Å². The molecule has 1 aliphatic heterocycles. The number of esters is 1. The zero-order valence-electron chi connectivity index (χ0n) is 14.6. The first-order chi connectivity index (χ1) is 11.5. The van der Waals surface area contributed by atoms with E-state index in [4.69, 9.17) is 4.74 Å². The number of carbonyl (C=O) groups excluding carboxylic acids is 2. The molecule has 0 aromatic carbocycles. The molecule has 0 unspecified atom stereocenters. The summed E-state index contributed by atoms with van der Waals surface area (Å²) in [4.78, 5) is 24.7. The Morgan fingerprint density at radius 2 is 1.88 bits per heavy atom. The molecule has 0 radical (unpaired) electrons. The normalized spacial score (nSPS) is 52.1. The van der Waals surface area contributed by atoms with Crippen LogP contribution < -0.4 is 0 Å². The monoisotopic (exact) mass is 326 g/mol. The van der Waals surface area contributed by atoms with Crippen molar-refractivity contribution in [3.63, 3.8) is 0 Å². The van der Waals surface area contributed by atoms with Gasteiger partial charge in [-0.15, -0.1) is 0 Å². The number of ether oxygens (including phenoxy) is 1. The van der Waals surface area contributed by atoms with Gasteiger partial charge >= 0.3 is 5.97 Å². The maximum absolute atomic E-state index is 12.8. The van der Waals surface area contributed by atoms with Gasteiger partial charge < -0.3 is 4.74 Å². The van der Waals surface area contributed by atoms with E-state index < -0.39 is 0 Å². The number of hydrogen-bond donors (Lipinski definition) is 0. The summed E-state index contributed by atoms with van der Waals surface area (Å²) in [6.45, 7) is 4.43. The Morgan fingerprint density at radius 3 is 2.71 bits per heavy atom. The molecule has 24 heavy (non-hydrogen) atoms. The van der Waals surface area contributed by atoms with Crippen LogP contribution in [0.4, 0.5) is 0 Å². The lowest BCUT2D eigenvalue weighted by Crippen LogP contribution is -2.51. The molecule has 3 nitrogen and oxygen atoms in total. The van der Waals surface area contributed by atoms with E-state index in [9.17, 15) is 9.59 Å². The summed E-state index contributed by atoms with van der Waals surface area (Å²) in [6.07, 6.45) is 12.5. The van der Waals surface area contributed by atoms with Gasteiger partial charge in [0.15, 0.2) is 5.78 Å². The molecule has 0 amide bonds. The fourth-order valence-electron chi connectivity index (χ4n) is 7.14. The molecular weight excluding hydrogens is 300 g/mol. The van der Waals surface area contributed by atoms with E-state index in [1.165, 1.54) is 5.57 Å². The van der Waals surface area contributed by atoms with Crippen molar-refractivity contribution in [2.24, 2.45) is 34.5 Å². The number of cyclic esters (lactones) is 1.